The van der Waals surface area contributed by atoms with Crippen molar-refractivity contribution in [2.75, 3.05) is 25.9 Å². The number of carbonyl (C=O) groups excluding carboxylic acids is 1. The van der Waals surface area contributed by atoms with Gasteiger partial charge < -0.3 is 16.0 Å². The second-order valence-corrected chi connectivity index (χ2v) is 5.38. The van der Waals surface area contributed by atoms with Crippen LogP contribution in [0.3, 0.4) is 0 Å². The molecular weight excluding hydrogens is 296 g/mol. The molecule has 0 radical (unpaired) electrons. The zero-order chi connectivity index (χ0) is 16.2. The third-order valence-corrected chi connectivity index (χ3v) is 3.51. The lowest BCUT2D eigenvalue weighted by Crippen LogP contribution is -2.36. The lowest BCUT2D eigenvalue weighted by molar-refractivity contribution is -0.384. The highest BCUT2D eigenvalue weighted by molar-refractivity contribution is 6.34. The summed E-state index contributed by atoms with van der Waals surface area (Å²) in [7, 11) is 1.94. The molecule has 0 aliphatic rings. The summed E-state index contributed by atoms with van der Waals surface area (Å²) in [5.74, 6) is -0.477. The third-order valence-electron chi connectivity index (χ3n) is 3.20. The Balaban J connectivity index is 2.80. The molecular formula is C13H19ClN4O3. The minimum atomic E-state index is -0.616. The monoisotopic (exact) mass is 314 g/mol. The van der Waals surface area contributed by atoms with E-state index in [1.165, 1.54) is 0 Å². The first-order valence-corrected chi connectivity index (χ1v) is 6.83. The first kappa shape index (κ1) is 17.2. The Kier molecular flexibility index (Phi) is 5.92. The molecule has 1 amide bonds. The van der Waals surface area contributed by atoms with Crippen molar-refractivity contribution in [3.63, 3.8) is 0 Å². The lowest BCUT2D eigenvalue weighted by Gasteiger charge is -2.21. The normalized spacial score (nSPS) is 11.0. The van der Waals surface area contributed by atoms with E-state index >= 15 is 0 Å². The summed E-state index contributed by atoms with van der Waals surface area (Å²) in [6.07, 6.45) is 0. The maximum atomic E-state index is 12.1. The number of amides is 1. The molecule has 0 unspecified atom stereocenters. The van der Waals surface area contributed by atoms with Crippen molar-refractivity contribution in [3.8, 4) is 0 Å². The molecule has 0 atom stereocenters. The fourth-order valence-electron chi connectivity index (χ4n) is 1.60. The van der Waals surface area contributed by atoms with Crippen molar-refractivity contribution in [3.05, 3.63) is 32.8 Å². The zero-order valence-electron chi connectivity index (χ0n) is 12.2. The van der Waals surface area contributed by atoms with Crippen molar-refractivity contribution in [1.29, 1.82) is 0 Å². The maximum Gasteiger partial charge on any atom is 0.271 e. The molecule has 1 aromatic rings. The smallest absolute Gasteiger partial charge is 0.271 e. The Morgan fingerprint density at radius 3 is 2.67 bits per heavy atom. The van der Waals surface area contributed by atoms with Gasteiger partial charge in [-0.2, -0.15) is 0 Å². The number of nitrogens with zero attached hydrogens (tertiary/aromatic N) is 2. The summed E-state index contributed by atoms with van der Waals surface area (Å²) in [5.41, 5.74) is 5.50. The van der Waals surface area contributed by atoms with Gasteiger partial charge in [-0.25, -0.2) is 0 Å². The Bertz CT molecular complexity index is 548. The summed E-state index contributed by atoms with van der Waals surface area (Å²) in [6.45, 7) is 5.15. The van der Waals surface area contributed by atoms with Gasteiger partial charge in [-0.3, -0.25) is 14.9 Å². The van der Waals surface area contributed by atoms with Crippen molar-refractivity contribution in [2.45, 2.75) is 19.9 Å². The molecule has 8 heteroatoms. The van der Waals surface area contributed by atoms with Gasteiger partial charge in [-0.1, -0.05) is 11.6 Å². The summed E-state index contributed by atoms with van der Waals surface area (Å²) in [4.78, 5) is 24.3. The molecule has 0 spiro atoms. The summed E-state index contributed by atoms with van der Waals surface area (Å²) >= 11 is 5.82. The van der Waals surface area contributed by atoms with Crippen LogP contribution < -0.4 is 11.1 Å². The van der Waals surface area contributed by atoms with Crippen LogP contribution >= 0.6 is 11.6 Å². The van der Waals surface area contributed by atoms with Gasteiger partial charge in [0.1, 0.15) is 0 Å². The average molecular weight is 315 g/mol. The van der Waals surface area contributed by atoms with E-state index in [4.69, 9.17) is 17.3 Å². The standard InChI is InChI=1S/C13H19ClN4O3/c1-8(2)17(3)5-4-16-13(19)10-6-9(18(20)21)7-11(14)12(10)15/h6-8H,4-5,15H2,1-3H3,(H,16,19). The molecule has 7 nitrogen and oxygen atoms in total. The van der Waals surface area contributed by atoms with Crippen molar-refractivity contribution in [2.24, 2.45) is 0 Å². The molecule has 0 saturated heterocycles. The highest BCUT2D eigenvalue weighted by Crippen LogP contribution is 2.28. The fourth-order valence-corrected chi connectivity index (χ4v) is 1.81. The number of carbonyl (C=O) groups is 1. The van der Waals surface area contributed by atoms with Crippen LogP contribution in [0.5, 0.6) is 0 Å². The summed E-state index contributed by atoms with van der Waals surface area (Å²) in [6, 6.07) is 2.61. The van der Waals surface area contributed by atoms with E-state index in [9.17, 15) is 14.9 Å². The minimum Gasteiger partial charge on any atom is -0.397 e. The zero-order valence-corrected chi connectivity index (χ0v) is 13.0. The fraction of sp³-hybridized carbons (Fsp3) is 0.462. The molecule has 1 aromatic carbocycles. The van der Waals surface area contributed by atoms with Gasteiger partial charge in [0.25, 0.3) is 11.6 Å². The molecule has 0 fully saturated rings. The number of nitro benzene ring substituents is 1. The van der Waals surface area contributed by atoms with Crippen molar-refractivity contribution < 1.29 is 9.72 Å². The van der Waals surface area contributed by atoms with E-state index in [0.29, 0.717) is 19.1 Å². The van der Waals surface area contributed by atoms with Crippen molar-refractivity contribution >= 4 is 28.9 Å². The number of nitrogen functional groups attached to an aromatic ring is 1. The molecule has 0 bridgehead atoms. The minimum absolute atomic E-state index is 0.00588. The third kappa shape index (κ3) is 4.57. The molecule has 0 aromatic heterocycles. The second-order valence-electron chi connectivity index (χ2n) is 4.98. The number of likely N-dealkylation sites (N-methyl/N-ethyl adjacent to an activating group) is 1. The van der Waals surface area contributed by atoms with E-state index in [1.807, 2.05) is 20.9 Å². The highest BCUT2D eigenvalue weighted by atomic mass is 35.5. The van der Waals surface area contributed by atoms with Gasteiger partial charge in [0.05, 0.1) is 21.2 Å². The molecule has 0 saturated carbocycles. The summed E-state index contributed by atoms with van der Waals surface area (Å²) < 4.78 is 0. The largest absolute Gasteiger partial charge is 0.397 e. The van der Waals surface area contributed by atoms with Gasteiger partial charge in [0.2, 0.25) is 0 Å². The molecule has 21 heavy (non-hydrogen) atoms. The van der Waals surface area contributed by atoms with E-state index in [0.717, 1.165) is 12.1 Å². The van der Waals surface area contributed by atoms with E-state index in [2.05, 4.69) is 10.2 Å². The Hall–Kier alpha value is -1.86. The molecule has 116 valence electrons. The van der Waals surface area contributed by atoms with Gasteiger partial charge in [-0.15, -0.1) is 0 Å². The van der Waals surface area contributed by atoms with Crippen LogP contribution in [0.25, 0.3) is 0 Å². The molecule has 0 aliphatic carbocycles. The highest BCUT2D eigenvalue weighted by Gasteiger charge is 2.18. The van der Waals surface area contributed by atoms with Gasteiger partial charge in [-0.05, 0) is 20.9 Å². The predicted octanol–water partition coefficient (Wildman–Crippen LogP) is 1.90. The number of hydrogen-bond donors (Lipinski definition) is 2. The number of nitro groups is 1. The molecule has 3 N–H and O–H groups in total. The first-order valence-electron chi connectivity index (χ1n) is 6.46. The van der Waals surface area contributed by atoms with Crippen LogP contribution in [-0.4, -0.2) is 41.9 Å². The topological polar surface area (TPSA) is 102 Å². The number of non-ortho nitro benzene ring substituents is 1. The number of halogens is 1. The first-order chi connectivity index (χ1) is 9.73. The quantitative estimate of drug-likeness (QED) is 0.474. The van der Waals surface area contributed by atoms with E-state index < -0.39 is 10.8 Å². The van der Waals surface area contributed by atoms with Gasteiger partial charge in [0.15, 0.2) is 0 Å². The number of anilines is 1. The lowest BCUT2D eigenvalue weighted by atomic mass is 10.1. The van der Waals surface area contributed by atoms with Crippen LogP contribution in [-0.2, 0) is 0 Å². The van der Waals surface area contributed by atoms with E-state index in [-0.39, 0.29) is 22.0 Å². The van der Waals surface area contributed by atoms with Gasteiger partial charge in [0, 0.05) is 31.3 Å². The predicted molar refractivity (Wildman–Crippen MR) is 82.6 cm³/mol. The van der Waals surface area contributed by atoms with Crippen molar-refractivity contribution in [1.82, 2.24) is 10.2 Å². The van der Waals surface area contributed by atoms with Crippen LogP contribution in [0.15, 0.2) is 12.1 Å². The van der Waals surface area contributed by atoms with Crippen LogP contribution in [0.4, 0.5) is 11.4 Å². The average Bonchev–Trinajstić information content (AvgIpc) is 2.40. The second kappa shape index (κ2) is 7.24. The number of nitrogens with two attached hydrogens (primary N) is 1. The summed E-state index contributed by atoms with van der Waals surface area (Å²) in [5, 5.41) is 13.5. The Morgan fingerprint density at radius 1 is 1.52 bits per heavy atom. The number of benzene rings is 1. The maximum absolute atomic E-state index is 12.1. The molecule has 0 aliphatic heterocycles. The van der Waals surface area contributed by atoms with Gasteiger partial charge >= 0.3 is 0 Å². The van der Waals surface area contributed by atoms with E-state index in [1.54, 1.807) is 0 Å². The van der Waals surface area contributed by atoms with Crippen LogP contribution in [0.1, 0.15) is 24.2 Å². The Labute approximate surface area is 128 Å². The number of rotatable bonds is 6. The SMILES string of the molecule is CC(C)N(C)CCNC(=O)c1cc([N+](=O)[O-])cc(Cl)c1N. The van der Waals surface area contributed by atoms with Crippen LogP contribution in [0.2, 0.25) is 5.02 Å². The van der Waals surface area contributed by atoms with Crippen LogP contribution in [0, 0.1) is 10.1 Å². The molecule has 0 heterocycles. The Morgan fingerprint density at radius 2 is 2.14 bits per heavy atom. The number of nitrogens with one attached hydrogen (secondary N) is 1. The molecule has 1 rings (SSSR count). The number of hydrogen-bond acceptors (Lipinski definition) is 5.